The maximum atomic E-state index is 11.1. The van der Waals surface area contributed by atoms with E-state index in [0.717, 1.165) is 17.0 Å². The highest BCUT2D eigenvalue weighted by Crippen LogP contribution is 2.35. The molecule has 110 valence electrons. The Morgan fingerprint density at radius 2 is 2.05 bits per heavy atom. The van der Waals surface area contributed by atoms with Gasteiger partial charge in [-0.05, 0) is 41.9 Å². The van der Waals surface area contributed by atoms with Crippen LogP contribution in [0.3, 0.4) is 0 Å². The number of methoxy groups -OCH3 is 1. The van der Waals surface area contributed by atoms with E-state index >= 15 is 0 Å². The van der Waals surface area contributed by atoms with E-state index in [9.17, 15) is 4.91 Å². The van der Waals surface area contributed by atoms with Crippen LogP contribution in [-0.4, -0.2) is 7.11 Å². The van der Waals surface area contributed by atoms with Gasteiger partial charge in [0.2, 0.25) is 0 Å². The molecule has 0 atom stereocenters. The van der Waals surface area contributed by atoms with Crippen LogP contribution in [0, 0.1) is 11.8 Å². The van der Waals surface area contributed by atoms with Crippen molar-refractivity contribution >= 4 is 17.5 Å². The molecule has 1 aliphatic heterocycles. The van der Waals surface area contributed by atoms with Gasteiger partial charge in [-0.3, -0.25) is 0 Å². The third-order valence-electron chi connectivity index (χ3n) is 3.65. The summed E-state index contributed by atoms with van der Waals surface area (Å²) in [4.78, 5) is 15.9. The Morgan fingerprint density at radius 3 is 2.82 bits per heavy atom. The molecule has 0 spiro atoms. The van der Waals surface area contributed by atoms with Crippen LogP contribution in [-0.2, 0) is 0 Å². The van der Waals surface area contributed by atoms with Gasteiger partial charge in [-0.15, -0.1) is 4.91 Å². The van der Waals surface area contributed by atoms with Crippen molar-refractivity contribution in [2.45, 2.75) is 13.3 Å². The van der Waals surface area contributed by atoms with E-state index in [1.807, 2.05) is 24.3 Å². The largest absolute Gasteiger partial charge is 0.496 e. The fourth-order valence-electron chi connectivity index (χ4n) is 2.59. The molecular weight excluding hydrogens is 276 g/mol. The van der Waals surface area contributed by atoms with E-state index in [2.05, 4.69) is 24.2 Å². The summed E-state index contributed by atoms with van der Waals surface area (Å²) in [7, 11) is 1.58. The van der Waals surface area contributed by atoms with Gasteiger partial charge in [0.1, 0.15) is 11.4 Å². The molecule has 22 heavy (non-hydrogen) atoms. The van der Waals surface area contributed by atoms with Crippen LogP contribution in [0.4, 0.5) is 5.69 Å². The SMILES string of the molecule is COc1cccc(N=O)c1C1=CCC=c2cc(C)ccc2=N1. The van der Waals surface area contributed by atoms with E-state index < -0.39 is 0 Å². The lowest BCUT2D eigenvalue weighted by Crippen LogP contribution is -2.24. The first-order valence-electron chi connectivity index (χ1n) is 7.09. The van der Waals surface area contributed by atoms with Gasteiger partial charge >= 0.3 is 0 Å². The molecular formula is C18H16N2O2. The fourth-order valence-corrected chi connectivity index (χ4v) is 2.59. The first-order valence-corrected chi connectivity index (χ1v) is 7.09. The smallest absolute Gasteiger partial charge is 0.130 e. The molecule has 0 aromatic heterocycles. The van der Waals surface area contributed by atoms with Gasteiger partial charge in [0, 0.05) is 0 Å². The van der Waals surface area contributed by atoms with Crippen molar-refractivity contribution in [1.29, 1.82) is 0 Å². The summed E-state index contributed by atoms with van der Waals surface area (Å²) in [5, 5.41) is 5.10. The topological polar surface area (TPSA) is 51.0 Å². The minimum absolute atomic E-state index is 0.338. The van der Waals surface area contributed by atoms with Crippen LogP contribution in [0.25, 0.3) is 11.8 Å². The van der Waals surface area contributed by atoms with Gasteiger partial charge in [-0.1, -0.05) is 35.9 Å². The Balaban J connectivity index is 2.23. The zero-order chi connectivity index (χ0) is 15.5. The molecule has 0 unspecified atom stereocenters. The number of nitroso groups, excluding NO2 is 1. The molecule has 2 aromatic carbocycles. The minimum Gasteiger partial charge on any atom is -0.496 e. The molecule has 2 aromatic rings. The van der Waals surface area contributed by atoms with Crippen LogP contribution in [0.15, 0.2) is 52.6 Å². The predicted octanol–water partition coefficient (Wildman–Crippen LogP) is 3.25. The number of rotatable bonds is 3. The number of benzene rings is 2. The summed E-state index contributed by atoms with van der Waals surface area (Å²) in [6, 6.07) is 11.4. The van der Waals surface area contributed by atoms with E-state index in [0.29, 0.717) is 22.7 Å². The van der Waals surface area contributed by atoms with Crippen molar-refractivity contribution < 1.29 is 4.74 Å². The first-order chi connectivity index (χ1) is 10.7. The third kappa shape index (κ3) is 2.55. The molecule has 4 heteroatoms. The Morgan fingerprint density at radius 1 is 1.18 bits per heavy atom. The quantitative estimate of drug-likeness (QED) is 0.815. The number of aryl methyl sites for hydroxylation is 1. The van der Waals surface area contributed by atoms with E-state index in [1.165, 1.54) is 5.56 Å². The Hall–Kier alpha value is -2.75. The molecule has 0 N–H and O–H groups in total. The average Bonchev–Trinajstić information content (AvgIpc) is 2.75. The van der Waals surface area contributed by atoms with Crippen molar-refractivity contribution in [2.75, 3.05) is 7.11 Å². The lowest BCUT2D eigenvalue weighted by atomic mass is 10.1. The number of ether oxygens (including phenoxy) is 1. The molecule has 0 radical (unpaired) electrons. The molecule has 0 bridgehead atoms. The molecule has 4 nitrogen and oxygen atoms in total. The highest BCUT2D eigenvalue weighted by Gasteiger charge is 2.14. The fraction of sp³-hybridized carbons (Fsp3) is 0.167. The van der Waals surface area contributed by atoms with Gasteiger partial charge in [-0.25, -0.2) is 4.99 Å². The van der Waals surface area contributed by atoms with Crippen molar-refractivity contribution in [2.24, 2.45) is 10.2 Å². The van der Waals surface area contributed by atoms with Gasteiger partial charge in [0.15, 0.2) is 0 Å². The molecule has 0 aliphatic carbocycles. The number of hydrogen-bond donors (Lipinski definition) is 0. The van der Waals surface area contributed by atoms with Crippen LogP contribution in [0.5, 0.6) is 5.75 Å². The van der Waals surface area contributed by atoms with Crippen molar-refractivity contribution in [3.8, 4) is 5.75 Å². The van der Waals surface area contributed by atoms with Gasteiger partial charge in [0.05, 0.1) is 23.7 Å². The summed E-state index contributed by atoms with van der Waals surface area (Å²) >= 11 is 0. The summed E-state index contributed by atoms with van der Waals surface area (Å²) < 4.78 is 5.38. The van der Waals surface area contributed by atoms with Crippen molar-refractivity contribution in [3.63, 3.8) is 0 Å². The summed E-state index contributed by atoms with van der Waals surface area (Å²) in [5.41, 5.74) is 2.89. The zero-order valence-corrected chi connectivity index (χ0v) is 12.5. The maximum absolute atomic E-state index is 11.1. The Bertz CT molecular complexity index is 882. The van der Waals surface area contributed by atoms with Crippen LogP contribution < -0.4 is 15.3 Å². The van der Waals surface area contributed by atoms with Gasteiger partial charge in [-0.2, -0.15) is 0 Å². The standard InChI is InChI=1S/C18H16N2O2/c1-12-9-10-14-13(11-12)5-3-6-15(19-14)18-16(20-21)7-4-8-17(18)22-2/h4-11H,3H2,1-2H3. The molecule has 1 heterocycles. The maximum Gasteiger partial charge on any atom is 0.130 e. The highest BCUT2D eigenvalue weighted by molar-refractivity contribution is 5.79. The molecule has 0 saturated heterocycles. The molecule has 1 aliphatic rings. The first kappa shape index (κ1) is 14.2. The predicted molar refractivity (Wildman–Crippen MR) is 87.5 cm³/mol. The second kappa shape index (κ2) is 5.93. The zero-order valence-electron chi connectivity index (χ0n) is 12.5. The lowest BCUT2D eigenvalue weighted by molar-refractivity contribution is 0.413. The van der Waals surface area contributed by atoms with E-state index in [1.54, 1.807) is 19.2 Å². The minimum atomic E-state index is 0.338. The third-order valence-corrected chi connectivity index (χ3v) is 3.65. The summed E-state index contributed by atoms with van der Waals surface area (Å²) in [6.45, 7) is 2.06. The average molecular weight is 292 g/mol. The normalized spacial score (nSPS) is 13.1. The molecule has 0 saturated carbocycles. The Kier molecular flexibility index (Phi) is 3.83. The molecule has 0 fully saturated rings. The van der Waals surface area contributed by atoms with Gasteiger partial charge in [0.25, 0.3) is 0 Å². The summed E-state index contributed by atoms with van der Waals surface area (Å²) in [6.07, 6.45) is 4.86. The van der Waals surface area contributed by atoms with Gasteiger partial charge < -0.3 is 4.74 Å². The van der Waals surface area contributed by atoms with E-state index in [4.69, 9.17) is 9.73 Å². The highest BCUT2D eigenvalue weighted by atomic mass is 16.5. The van der Waals surface area contributed by atoms with Crippen molar-refractivity contribution in [1.82, 2.24) is 0 Å². The summed E-state index contributed by atoms with van der Waals surface area (Å²) in [5.74, 6) is 0.600. The number of nitrogens with zero attached hydrogens (tertiary/aromatic N) is 2. The monoisotopic (exact) mass is 292 g/mol. The van der Waals surface area contributed by atoms with Crippen molar-refractivity contribution in [3.05, 3.63) is 69.1 Å². The second-order valence-electron chi connectivity index (χ2n) is 5.15. The lowest BCUT2D eigenvalue weighted by Gasteiger charge is -2.10. The number of fused-ring (bicyclic) bond motifs is 1. The van der Waals surface area contributed by atoms with Crippen LogP contribution in [0.2, 0.25) is 0 Å². The molecule has 3 rings (SSSR count). The molecule has 0 amide bonds. The van der Waals surface area contributed by atoms with Crippen LogP contribution in [0.1, 0.15) is 17.5 Å². The number of allylic oxidation sites excluding steroid dienone is 1. The second-order valence-corrected chi connectivity index (χ2v) is 5.15. The Labute approximate surface area is 128 Å². The number of hydrogen-bond acceptors (Lipinski definition) is 4. The van der Waals surface area contributed by atoms with E-state index in [-0.39, 0.29) is 0 Å². The van der Waals surface area contributed by atoms with Crippen LogP contribution >= 0.6 is 0 Å².